The number of benzene rings is 1. The molecule has 2 aliphatic carbocycles. The summed E-state index contributed by atoms with van der Waals surface area (Å²) in [4.78, 5) is 22.8. The maximum atomic E-state index is 12.2. The van der Waals surface area contributed by atoms with Crippen LogP contribution in [0.5, 0.6) is 5.75 Å². The minimum absolute atomic E-state index is 0.0292. The van der Waals surface area contributed by atoms with E-state index in [2.05, 4.69) is 5.32 Å². The Balaban J connectivity index is 1.57. The van der Waals surface area contributed by atoms with Crippen LogP contribution in [-0.2, 0) is 11.2 Å². The molecule has 1 fully saturated rings. The molecular weight excluding hydrogens is 294 g/mol. The van der Waals surface area contributed by atoms with E-state index in [1.54, 1.807) is 12.1 Å². The van der Waals surface area contributed by atoms with Crippen molar-refractivity contribution in [3.8, 4) is 5.75 Å². The molecule has 1 atom stereocenters. The van der Waals surface area contributed by atoms with Gasteiger partial charge in [0.25, 0.3) is 0 Å². The van der Waals surface area contributed by atoms with Crippen molar-refractivity contribution in [3.05, 3.63) is 29.3 Å². The van der Waals surface area contributed by atoms with Crippen molar-refractivity contribution in [1.82, 2.24) is 5.32 Å². The third kappa shape index (κ3) is 4.03. The highest BCUT2D eigenvalue weighted by molar-refractivity contribution is 5.76. The van der Waals surface area contributed by atoms with E-state index < -0.39 is 6.16 Å². The van der Waals surface area contributed by atoms with E-state index in [0.717, 1.165) is 30.4 Å². The van der Waals surface area contributed by atoms with E-state index in [-0.39, 0.29) is 11.9 Å². The van der Waals surface area contributed by atoms with Crippen LogP contribution in [0.15, 0.2) is 18.2 Å². The summed E-state index contributed by atoms with van der Waals surface area (Å²) in [6, 6.07) is 5.26. The van der Waals surface area contributed by atoms with Crippen LogP contribution in [0.4, 0.5) is 4.79 Å². The fourth-order valence-electron chi connectivity index (χ4n) is 3.80. The maximum Gasteiger partial charge on any atom is 0.511 e. The molecule has 1 amide bonds. The van der Waals surface area contributed by atoms with E-state index in [9.17, 15) is 9.59 Å². The molecule has 1 unspecified atom stereocenters. The van der Waals surface area contributed by atoms with Crippen molar-refractivity contribution in [2.24, 2.45) is 5.92 Å². The highest BCUT2D eigenvalue weighted by Crippen LogP contribution is 2.34. The van der Waals surface area contributed by atoms with Crippen LogP contribution in [0.1, 0.15) is 62.1 Å². The van der Waals surface area contributed by atoms with Crippen LogP contribution >= 0.6 is 0 Å². The number of amides is 1. The molecule has 0 bridgehead atoms. The number of hydrogen-bond donors (Lipinski definition) is 2. The van der Waals surface area contributed by atoms with E-state index in [1.807, 2.05) is 6.07 Å². The zero-order valence-corrected chi connectivity index (χ0v) is 13.2. The molecule has 5 nitrogen and oxygen atoms in total. The molecule has 0 aromatic heterocycles. The Bertz CT molecular complexity index is 593. The zero-order chi connectivity index (χ0) is 16.2. The minimum atomic E-state index is -1.32. The van der Waals surface area contributed by atoms with Gasteiger partial charge in [0.2, 0.25) is 5.91 Å². The van der Waals surface area contributed by atoms with Gasteiger partial charge in [-0.05, 0) is 48.4 Å². The molecule has 0 saturated heterocycles. The second kappa shape index (κ2) is 7.02. The number of nitrogens with one attached hydrogen (secondary N) is 1. The smallest absolute Gasteiger partial charge is 0.449 e. The van der Waals surface area contributed by atoms with Crippen LogP contribution in [0, 0.1) is 5.92 Å². The van der Waals surface area contributed by atoms with E-state index in [0.29, 0.717) is 18.1 Å². The standard InChI is InChI=1S/C18H23NO4/c20-17(10-5-12-3-1-2-4-12)19-16-9-7-13-6-8-14(11-15(13)16)23-18(21)22/h6,8,11-12,16H,1-5,7,9-10H2,(H,19,20)(H,21,22). The lowest BCUT2D eigenvalue weighted by atomic mass is 10.0. The van der Waals surface area contributed by atoms with Gasteiger partial charge in [-0.25, -0.2) is 4.79 Å². The minimum Gasteiger partial charge on any atom is -0.449 e. The van der Waals surface area contributed by atoms with Gasteiger partial charge in [-0.15, -0.1) is 0 Å². The molecule has 1 aromatic carbocycles. The van der Waals surface area contributed by atoms with Gasteiger partial charge >= 0.3 is 6.16 Å². The second-order valence-electron chi connectivity index (χ2n) is 6.58. The summed E-state index contributed by atoms with van der Waals surface area (Å²) < 4.78 is 4.71. The molecule has 124 valence electrons. The van der Waals surface area contributed by atoms with E-state index >= 15 is 0 Å². The number of rotatable bonds is 5. The Morgan fingerprint density at radius 2 is 2.00 bits per heavy atom. The van der Waals surface area contributed by atoms with Crippen molar-refractivity contribution in [1.29, 1.82) is 0 Å². The molecule has 0 radical (unpaired) electrons. The van der Waals surface area contributed by atoms with Gasteiger partial charge in [-0.1, -0.05) is 31.7 Å². The summed E-state index contributed by atoms with van der Waals surface area (Å²) in [5.74, 6) is 1.12. The van der Waals surface area contributed by atoms with Crippen LogP contribution in [0.2, 0.25) is 0 Å². The molecule has 1 aromatic rings. The topological polar surface area (TPSA) is 75.6 Å². The van der Waals surface area contributed by atoms with Crippen molar-refractivity contribution < 1.29 is 19.4 Å². The summed E-state index contributed by atoms with van der Waals surface area (Å²) in [7, 11) is 0. The van der Waals surface area contributed by atoms with Crippen molar-refractivity contribution in [2.75, 3.05) is 0 Å². The van der Waals surface area contributed by atoms with Crippen LogP contribution in [0.3, 0.4) is 0 Å². The van der Waals surface area contributed by atoms with Crippen molar-refractivity contribution in [3.63, 3.8) is 0 Å². The van der Waals surface area contributed by atoms with Crippen LogP contribution in [0.25, 0.3) is 0 Å². The monoisotopic (exact) mass is 317 g/mol. The van der Waals surface area contributed by atoms with Gasteiger partial charge in [0.15, 0.2) is 0 Å². The highest BCUT2D eigenvalue weighted by atomic mass is 16.7. The number of fused-ring (bicyclic) bond motifs is 1. The Hall–Kier alpha value is -2.04. The van der Waals surface area contributed by atoms with Gasteiger partial charge in [-0.2, -0.15) is 0 Å². The number of carbonyl (C=O) groups is 2. The largest absolute Gasteiger partial charge is 0.511 e. The first-order valence-electron chi connectivity index (χ1n) is 8.45. The molecule has 23 heavy (non-hydrogen) atoms. The van der Waals surface area contributed by atoms with Crippen molar-refractivity contribution >= 4 is 12.1 Å². The number of hydrogen-bond acceptors (Lipinski definition) is 3. The molecule has 1 saturated carbocycles. The molecule has 2 aliphatic rings. The summed E-state index contributed by atoms with van der Waals surface area (Å²) in [6.07, 6.45) is 7.13. The van der Waals surface area contributed by atoms with Gasteiger partial charge in [0, 0.05) is 6.42 Å². The summed E-state index contributed by atoms with van der Waals surface area (Å²) in [6.45, 7) is 0. The van der Waals surface area contributed by atoms with Crippen LogP contribution in [-0.4, -0.2) is 17.2 Å². The van der Waals surface area contributed by atoms with Gasteiger partial charge in [-0.3, -0.25) is 4.79 Å². The number of carbonyl (C=O) groups excluding carboxylic acids is 1. The Morgan fingerprint density at radius 3 is 2.74 bits per heavy atom. The summed E-state index contributed by atoms with van der Waals surface area (Å²) in [5.41, 5.74) is 2.14. The Kier molecular flexibility index (Phi) is 4.84. The highest BCUT2D eigenvalue weighted by Gasteiger charge is 2.25. The number of ether oxygens (including phenoxy) is 1. The fourth-order valence-corrected chi connectivity index (χ4v) is 3.80. The van der Waals surface area contributed by atoms with Gasteiger partial charge in [0.1, 0.15) is 5.75 Å². The number of carboxylic acid groups (broad SMARTS) is 1. The van der Waals surface area contributed by atoms with Crippen LogP contribution < -0.4 is 10.1 Å². The first-order chi connectivity index (χ1) is 11.1. The normalized spacial score (nSPS) is 20.3. The molecular formula is C18H23NO4. The molecule has 0 heterocycles. The predicted octanol–water partition coefficient (Wildman–Crippen LogP) is 3.82. The average Bonchev–Trinajstić information content (AvgIpc) is 3.15. The van der Waals surface area contributed by atoms with Gasteiger partial charge in [0.05, 0.1) is 6.04 Å². The molecule has 3 rings (SSSR count). The molecule has 0 spiro atoms. The third-order valence-corrected chi connectivity index (χ3v) is 4.99. The van der Waals surface area contributed by atoms with Crippen molar-refractivity contribution in [2.45, 2.75) is 57.4 Å². The SMILES string of the molecule is O=C(CCC1CCCC1)NC1CCc2ccc(OC(=O)O)cc21. The van der Waals surface area contributed by atoms with Gasteiger partial charge < -0.3 is 15.2 Å². The quantitative estimate of drug-likeness (QED) is 0.639. The Morgan fingerprint density at radius 1 is 1.22 bits per heavy atom. The molecule has 2 N–H and O–H groups in total. The average molecular weight is 317 g/mol. The first kappa shape index (κ1) is 15.8. The second-order valence-corrected chi connectivity index (χ2v) is 6.58. The third-order valence-electron chi connectivity index (χ3n) is 4.99. The summed E-state index contributed by atoms with van der Waals surface area (Å²) >= 11 is 0. The fraction of sp³-hybridized carbons (Fsp3) is 0.556. The number of aryl methyl sites for hydroxylation is 1. The van der Waals surface area contributed by atoms with E-state index in [1.165, 1.54) is 25.7 Å². The lowest BCUT2D eigenvalue weighted by Crippen LogP contribution is -2.27. The molecule has 0 aliphatic heterocycles. The lowest BCUT2D eigenvalue weighted by molar-refractivity contribution is -0.122. The van der Waals surface area contributed by atoms with E-state index in [4.69, 9.17) is 9.84 Å². The summed E-state index contributed by atoms with van der Waals surface area (Å²) in [5, 5.41) is 11.8. The maximum absolute atomic E-state index is 12.2. The zero-order valence-electron chi connectivity index (χ0n) is 13.2. The lowest BCUT2D eigenvalue weighted by Gasteiger charge is -2.16. The predicted molar refractivity (Wildman–Crippen MR) is 85.5 cm³/mol. The molecule has 5 heteroatoms. The first-order valence-corrected chi connectivity index (χ1v) is 8.45. The Labute approximate surface area is 136 Å².